The van der Waals surface area contributed by atoms with Crippen LogP contribution in [0.3, 0.4) is 0 Å². The number of fused-ring (bicyclic) bond motifs is 1. The van der Waals surface area contributed by atoms with Gasteiger partial charge in [0.2, 0.25) is 11.8 Å². The van der Waals surface area contributed by atoms with E-state index in [0.717, 1.165) is 45.4 Å². The minimum absolute atomic E-state index is 0.142. The maximum absolute atomic E-state index is 12.3. The van der Waals surface area contributed by atoms with Crippen molar-refractivity contribution in [2.75, 3.05) is 32.7 Å². The fourth-order valence-corrected chi connectivity index (χ4v) is 3.56. The zero-order valence-corrected chi connectivity index (χ0v) is 11.4. The van der Waals surface area contributed by atoms with E-state index in [-0.39, 0.29) is 17.9 Å². The molecule has 5 heteroatoms. The van der Waals surface area contributed by atoms with Gasteiger partial charge in [0, 0.05) is 13.1 Å². The molecule has 5 nitrogen and oxygen atoms in total. The van der Waals surface area contributed by atoms with Gasteiger partial charge in [-0.05, 0) is 51.1 Å². The summed E-state index contributed by atoms with van der Waals surface area (Å²) in [7, 11) is 0. The number of nitrogens with zero attached hydrogens (tertiary/aromatic N) is 2. The number of carbonyl (C=O) groups excluding carboxylic acids is 2. The molecule has 2 unspecified atom stereocenters. The molecule has 0 aromatic heterocycles. The minimum atomic E-state index is -0.147. The van der Waals surface area contributed by atoms with Crippen molar-refractivity contribution in [2.24, 2.45) is 5.92 Å². The van der Waals surface area contributed by atoms with Crippen LogP contribution in [0.2, 0.25) is 0 Å². The highest BCUT2D eigenvalue weighted by Gasteiger charge is 2.41. The fourth-order valence-electron chi connectivity index (χ4n) is 3.56. The molecule has 2 atom stereocenters. The van der Waals surface area contributed by atoms with Gasteiger partial charge in [0.1, 0.15) is 6.04 Å². The average Bonchev–Trinajstić information content (AvgIpc) is 2.92. The first-order valence-corrected chi connectivity index (χ1v) is 7.54. The van der Waals surface area contributed by atoms with Crippen LogP contribution in [0, 0.1) is 5.92 Å². The topological polar surface area (TPSA) is 52.7 Å². The molecule has 2 amide bonds. The van der Waals surface area contributed by atoms with Crippen LogP contribution in [0.5, 0.6) is 0 Å². The van der Waals surface area contributed by atoms with Crippen molar-refractivity contribution in [1.82, 2.24) is 15.1 Å². The Morgan fingerprint density at radius 2 is 2.11 bits per heavy atom. The van der Waals surface area contributed by atoms with E-state index >= 15 is 0 Å². The van der Waals surface area contributed by atoms with E-state index in [1.165, 1.54) is 12.8 Å². The Labute approximate surface area is 114 Å². The highest BCUT2D eigenvalue weighted by atomic mass is 16.2. The third-order valence-electron chi connectivity index (χ3n) is 4.70. The number of hydrogen-bond donors (Lipinski definition) is 1. The Morgan fingerprint density at radius 3 is 2.89 bits per heavy atom. The summed E-state index contributed by atoms with van der Waals surface area (Å²) >= 11 is 0. The van der Waals surface area contributed by atoms with Crippen molar-refractivity contribution >= 4 is 11.8 Å². The van der Waals surface area contributed by atoms with Crippen molar-refractivity contribution < 1.29 is 9.59 Å². The lowest BCUT2D eigenvalue weighted by Gasteiger charge is -2.37. The Bertz CT molecular complexity index is 366. The average molecular weight is 265 g/mol. The SMILES string of the molecule is O=C1C2CCCN2C(=O)CN1CCC1CCCNC1. The molecule has 3 aliphatic rings. The smallest absolute Gasteiger partial charge is 0.245 e. The van der Waals surface area contributed by atoms with Gasteiger partial charge >= 0.3 is 0 Å². The van der Waals surface area contributed by atoms with E-state index < -0.39 is 0 Å². The lowest BCUT2D eigenvalue weighted by molar-refractivity contribution is -0.153. The molecule has 0 saturated carbocycles. The first-order chi connectivity index (χ1) is 9.25. The number of rotatable bonds is 3. The third-order valence-corrected chi connectivity index (χ3v) is 4.70. The van der Waals surface area contributed by atoms with Crippen LogP contribution in [0.15, 0.2) is 0 Å². The van der Waals surface area contributed by atoms with Crippen LogP contribution < -0.4 is 5.32 Å². The Morgan fingerprint density at radius 1 is 1.21 bits per heavy atom. The van der Waals surface area contributed by atoms with Crippen LogP contribution in [0.1, 0.15) is 32.1 Å². The summed E-state index contributed by atoms with van der Waals surface area (Å²) in [6.45, 7) is 4.01. The highest BCUT2D eigenvalue weighted by Crippen LogP contribution is 2.24. The summed E-state index contributed by atoms with van der Waals surface area (Å²) < 4.78 is 0. The Hall–Kier alpha value is -1.10. The maximum atomic E-state index is 12.3. The van der Waals surface area contributed by atoms with Crippen LogP contribution in [-0.4, -0.2) is 60.4 Å². The molecule has 3 saturated heterocycles. The highest BCUT2D eigenvalue weighted by molar-refractivity contribution is 5.95. The van der Waals surface area contributed by atoms with Crippen molar-refractivity contribution in [3.63, 3.8) is 0 Å². The van der Waals surface area contributed by atoms with Gasteiger partial charge in [-0.25, -0.2) is 0 Å². The van der Waals surface area contributed by atoms with Gasteiger partial charge in [-0.1, -0.05) is 0 Å². The van der Waals surface area contributed by atoms with Crippen molar-refractivity contribution in [3.05, 3.63) is 0 Å². The number of nitrogens with one attached hydrogen (secondary N) is 1. The zero-order chi connectivity index (χ0) is 13.2. The summed E-state index contributed by atoms with van der Waals surface area (Å²) in [5.41, 5.74) is 0. The zero-order valence-electron chi connectivity index (χ0n) is 11.4. The van der Waals surface area contributed by atoms with Gasteiger partial charge in [-0.15, -0.1) is 0 Å². The number of hydrogen-bond acceptors (Lipinski definition) is 3. The van der Waals surface area contributed by atoms with Crippen LogP contribution in [-0.2, 0) is 9.59 Å². The van der Waals surface area contributed by atoms with E-state index in [4.69, 9.17) is 0 Å². The Kier molecular flexibility index (Phi) is 3.73. The van der Waals surface area contributed by atoms with E-state index in [0.29, 0.717) is 12.5 Å². The standard InChI is InChI=1S/C14H23N3O2/c18-13-10-16(8-5-11-3-1-6-15-9-11)14(19)12-4-2-7-17(12)13/h11-12,15H,1-10H2. The number of piperazine rings is 1. The minimum Gasteiger partial charge on any atom is -0.332 e. The van der Waals surface area contributed by atoms with Crippen molar-refractivity contribution in [1.29, 1.82) is 0 Å². The maximum Gasteiger partial charge on any atom is 0.245 e. The lowest BCUT2D eigenvalue weighted by atomic mass is 9.95. The van der Waals surface area contributed by atoms with E-state index in [1.807, 2.05) is 0 Å². The van der Waals surface area contributed by atoms with Crippen molar-refractivity contribution in [3.8, 4) is 0 Å². The first-order valence-electron chi connectivity index (χ1n) is 7.54. The van der Waals surface area contributed by atoms with Crippen LogP contribution >= 0.6 is 0 Å². The molecular formula is C14H23N3O2. The van der Waals surface area contributed by atoms with Gasteiger partial charge in [-0.2, -0.15) is 0 Å². The molecule has 3 aliphatic heterocycles. The second kappa shape index (κ2) is 5.49. The summed E-state index contributed by atoms with van der Waals surface area (Å²) in [5, 5.41) is 3.40. The molecular weight excluding hydrogens is 242 g/mol. The second-order valence-corrected chi connectivity index (χ2v) is 6.01. The molecule has 0 aromatic rings. The molecule has 0 aliphatic carbocycles. The van der Waals surface area contributed by atoms with Gasteiger partial charge in [-0.3, -0.25) is 9.59 Å². The molecule has 3 rings (SSSR count). The number of carbonyl (C=O) groups is 2. The molecule has 1 N–H and O–H groups in total. The molecule has 19 heavy (non-hydrogen) atoms. The van der Waals surface area contributed by atoms with E-state index in [1.54, 1.807) is 9.80 Å². The fraction of sp³-hybridized carbons (Fsp3) is 0.857. The second-order valence-electron chi connectivity index (χ2n) is 6.01. The number of piperidine rings is 1. The van der Waals surface area contributed by atoms with Crippen LogP contribution in [0.25, 0.3) is 0 Å². The molecule has 3 fully saturated rings. The van der Waals surface area contributed by atoms with Gasteiger partial charge in [0.15, 0.2) is 0 Å². The molecule has 106 valence electrons. The summed E-state index contributed by atoms with van der Waals surface area (Å²) in [6, 6.07) is -0.147. The predicted molar refractivity (Wildman–Crippen MR) is 71.5 cm³/mol. The van der Waals surface area contributed by atoms with Crippen molar-refractivity contribution in [2.45, 2.75) is 38.1 Å². The molecule has 0 radical (unpaired) electrons. The quantitative estimate of drug-likeness (QED) is 0.793. The Balaban J connectivity index is 1.55. The monoisotopic (exact) mass is 265 g/mol. The summed E-state index contributed by atoms with van der Waals surface area (Å²) in [6.07, 6.45) is 5.33. The van der Waals surface area contributed by atoms with Gasteiger partial charge in [0.05, 0.1) is 6.54 Å². The van der Waals surface area contributed by atoms with Gasteiger partial charge in [0.25, 0.3) is 0 Å². The molecule has 3 heterocycles. The predicted octanol–water partition coefficient (Wildman–Crippen LogP) is 0.209. The number of amides is 2. The summed E-state index contributed by atoms with van der Waals surface area (Å²) in [5.74, 6) is 0.989. The lowest BCUT2D eigenvalue weighted by Crippen LogP contribution is -2.57. The summed E-state index contributed by atoms with van der Waals surface area (Å²) in [4.78, 5) is 27.9. The third kappa shape index (κ3) is 2.61. The van der Waals surface area contributed by atoms with Gasteiger partial charge < -0.3 is 15.1 Å². The normalized spacial score (nSPS) is 31.8. The first kappa shape index (κ1) is 12.9. The largest absolute Gasteiger partial charge is 0.332 e. The molecule has 0 aromatic carbocycles. The van der Waals surface area contributed by atoms with Crippen LogP contribution in [0.4, 0.5) is 0 Å². The van der Waals surface area contributed by atoms with E-state index in [2.05, 4.69) is 5.32 Å². The van der Waals surface area contributed by atoms with E-state index in [9.17, 15) is 9.59 Å². The molecule has 0 bridgehead atoms. The molecule has 0 spiro atoms.